The number of H-pyrrole nitrogens is 2. The first-order valence-electron chi connectivity index (χ1n) is 13.3. The van der Waals surface area contributed by atoms with Crippen LogP contribution in [0.2, 0.25) is 0 Å². The number of carbonyl (C=O) groups excluding carboxylic acids is 4. The second-order valence-corrected chi connectivity index (χ2v) is 10.7. The van der Waals surface area contributed by atoms with Crippen molar-refractivity contribution in [3.8, 4) is 0 Å². The highest BCUT2D eigenvalue weighted by molar-refractivity contribution is 7.98. The maximum atomic E-state index is 13.7. The third-order valence-electron chi connectivity index (χ3n) is 6.61. The molecule has 3 aromatic rings. The lowest BCUT2D eigenvalue weighted by molar-refractivity contribution is -0.142. The summed E-state index contributed by atoms with van der Waals surface area (Å²) in [5.41, 5.74) is 13.2. The van der Waals surface area contributed by atoms with E-state index in [1.165, 1.54) is 24.3 Å². The number of fused-ring (bicyclic) bond motifs is 1. The summed E-state index contributed by atoms with van der Waals surface area (Å²) < 4.78 is 0. The lowest BCUT2D eigenvalue weighted by Gasteiger charge is -2.25. The Morgan fingerprint density at radius 1 is 0.952 bits per heavy atom. The third kappa shape index (κ3) is 9.34. The van der Waals surface area contributed by atoms with Crippen LogP contribution in [0.25, 0.3) is 10.9 Å². The molecule has 1 aromatic carbocycles. The van der Waals surface area contributed by atoms with Crippen molar-refractivity contribution >= 4 is 52.3 Å². The number of thioether (sulfide) groups is 1. The number of amides is 4. The van der Waals surface area contributed by atoms with Gasteiger partial charge in [0.05, 0.1) is 12.4 Å². The zero-order valence-electron chi connectivity index (χ0n) is 23.1. The number of carbonyl (C=O) groups is 5. The lowest BCUT2D eigenvalue weighted by Crippen LogP contribution is -2.58. The van der Waals surface area contributed by atoms with E-state index in [0.29, 0.717) is 11.4 Å². The van der Waals surface area contributed by atoms with E-state index in [1.807, 2.05) is 30.5 Å². The van der Waals surface area contributed by atoms with Crippen LogP contribution in [-0.4, -0.2) is 85.8 Å². The molecule has 0 aliphatic carbocycles. The van der Waals surface area contributed by atoms with Gasteiger partial charge in [0.1, 0.15) is 18.1 Å². The summed E-state index contributed by atoms with van der Waals surface area (Å²) in [6.45, 7) is 0. The molecule has 0 aliphatic heterocycles. The lowest BCUT2D eigenvalue weighted by atomic mass is 10.0. The number of hydrogen-bond donors (Lipinski definition) is 8. The molecule has 226 valence electrons. The Labute approximate surface area is 246 Å². The number of imidazole rings is 1. The molecule has 0 saturated carbocycles. The van der Waals surface area contributed by atoms with Crippen LogP contribution in [0.1, 0.15) is 30.5 Å². The highest BCUT2D eigenvalue weighted by Crippen LogP contribution is 2.19. The number of aromatic amines is 2. The molecule has 0 spiro atoms. The fraction of sp³-hybridized carbons (Fsp3) is 0.407. The highest BCUT2D eigenvalue weighted by atomic mass is 32.2. The third-order valence-corrected chi connectivity index (χ3v) is 7.25. The number of primary amides is 1. The first-order valence-corrected chi connectivity index (χ1v) is 14.7. The summed E-state index contributed by atoms with van der Waals surface area (Å²) in [6.07, 6.45) is 6.55. The van der Waals surface area contributed by atoms with Crippen LogP contribution in [0, 0.1) is 0 Å². The Bertz CT molecular complexity index is 1380. The number of hydrogen-bond acceptors (Lipinski definition) is 8. The fourth-order valence-corrected chi connectivity index (χ4v) is 4.77. The average Bonchev–Trinajstić information content (AvgIpc) is 3.62. The number of carboxylic acid groups (broad SMARTS) is 1. The van der Waals surface area contributed by atoms with Gasteiger partial charge in [0.25, 0.3) is 0 Å². The Morgan fingerprint density at radius 2 is 1.62 bits per heavy atom. The van der Waals surface area contributed by atoms with Crippen LogP contribution < -0.4 is 27.4 Å². The van der Waals surface area contributed by atoms with Gasteiger partial charge in [-0.1, -0.05) is 18.2 Å². The summed E-state index contributed by atoms with van der Waals surface area (Å²) in [6, 6.07) is 2.81. The minimum Gasteiger partial charge on any atom is -0.480 e. The van der Waals surface area contributed by atoms with E-state index in [9.17, 15) is 29.1 Å². The molecule has 2 aromatic heterocycles. The van der Waals surface area contributed by atoms with Gasteiger partial charge in [-0.15, -0.1) is 0 Å². The van der Waals surface area contributed by atoms with E-state index in [4.69, 9.17) is 11.5 Å². The quantitative estimate of drug-likeness (QED) is 0.100. The van der Waals surface area contributed by atoms with Crippen molar-refractivity contribution in [2.75, 3.05) is 12.0 Å². The second kappa shape index (κ2) is 15.6. The van der Waals surface area contributed by atoms with Crippen LogP contribution in [0.5, 0.6) is 0 Å². The molecule has 4 unspecified atom stereocenters. The molecule has 2 heterocycles. The topological polar surface area (TPSA) is 238 Å². The maximum absolute atomic E-state index is 13.7. The molecule has 0 radical (unpaired) electrons. The number of nitrogens with one attached hydrogen (secondary N) is 5. The smallest absolute Gasteiger partial charge is 0.326 e. The summed E-state index contributed by atoms with van der Waals surface area (Å²) in [5, 5.41) is 18.3. The zero-order chi connectivity index (χ0) is 30.6. The van der Waals surface area contributed by atoms with Gasteiger partial charge in [-0.3, -0.25) is 19.2 Å². The van der Waals surface area contributed by atoms with Gasteiger partial charge in [-0.05, 0) is 36.5 Å². The minimum atomic E-state index is -1.20. The predicted octanol–water partition coefficient (Wildman–Crippen LogP) is -0.439. The second-order valence-electron chi connectivity index (χ2n) is 9.76. The molecule has 4 amide bonds. The fourth-order valence-electron chi connectivity index (χ4n) is 4.30. The Hall–Kier alpha value is -4.37. The van der Waals surface area contributed by atoms with E-state index in [2.05, 4.69) is 30.9 Å². The molecule has 4 atom stereocenters. The van der Waals surface area contributed by atoms with Crippen molar-refractivity contribution in [1.82, 2.24) is 30.9 Å². The van der Waals surface area contributed by atoms with Crippen molar-refractivity contribution in [2.24, 2.45) is 11.5 Å². The van der Waals surface area contributed by atoms with Gasteiger partial charge >= 0.3 is 5.97 Å². The Balaban J connectivity index is 1.85. The molecule has 15 heteroatoms. The van der Waals surface area contributed by atoms with Crippen molar-refractivity contribution in [2.45, 2.75) is 56.3 Å². The number of rotatable bonds is 17. The van der Waals surface area contributed by atoms with Gasteiger partial charge < -0.3 is 42.5 Å². The van der Waals surface area contributed by atoms with Gasteiger partial charge in [0.15, 0.2) is 0 Å². The molecule has 10 N–H and O–H groups in total. The van der Waals surface area contributed by atoms with E-state index < -0.39 is 53.8 Å². The molecular weight excluding hydrogens is 564 g/mol. The number of benzene rings is 1. The van der Waals surface area contributed by atoms with Gasteiger partial charge in [0.2, 0.25) is 23.6 Å². The number of aromatic nitrogens is 3. The summed E-state index contributed by atoms with van der Waals surface area (Å²) in [5.74, 6) is -3.37. The van der Waals surface area contributed by atoms with Crippen LogP contribution >= 0.6 is 11.8 Å². The molecule has 0 aliphatic rings. The SMILES string of the molecule is CSCCC(NC(=O)C(Cc1cnc[nH]1)NC(=O)C(Cc1c[nH]c2ccccc12)NC(=O)C(N)CCC(N)=O)C(=O)O. The van der Waals surface area contributed by atoms with Crippen LogP contribution in [0.3, 0.4) is 0 Å². The molecule has 14 nitrogen and oxygen atoms in total. The molecule has 0 saturated heterocycles. The van der Waals surface area contributed by atoms with Gasteiger partial charge in [-0.2, -0.15) is 11.8 Å². The molecule has 42 heavy (non-hydrogen) atoms. The standard InChI is InChI=1S/C27H36N8O6S/c1-42-9-8-20(27(40)41)33-26(39)22(11-16-13-30-14-32-16)35-25(38)21(34-24(37)18(28)6-7-23(29)36)10-15-12-31-19-5-3-2-4-17(15)19/h2-5,12-14,18,20-22,31H,6-11,28H2,1H3,(H2,29,36)(H,30,32)(H,33,39)(H,34,37)(H,35,38)(H,40,41). The number of nitrogens with two attached hydrogens (primary N) is 2. The predicted molar refractivity (Wildman–Crippen MR) is 157 cm³/mol. The first-order chi connectivity index (χ1) is 20.1. The molecule has 0 bridgehead atoms. The molecular formula is C27H36N8O6S. The van der Waals surface area contributed by atoms with E-state index in [-0.39, 0.29) is 32.1 Å². The van der Waals surface area contributed by atoms with Gasteiger partial charge in [0, 0.05) is 48.3 Å². The van der Waals surface area contributed by atoms with Crippen molar-refractivity contribution < 1.29 is 29.1 Å². The Kier molecular flexibility index (Phi) is 11.9. The largest absolute Gasteiger partial charge is 0.480 e. The van der Waals surface area contributed by atoms with E-state index in [0.717, 1.165) is 16.5 Å². The van der Waals surface area contributed by atoms with Crippen LogP contribution in [0.4, 0.5) is 0 Å². The minimum absolute atomic E-state index is 0.0138. The average molecular weight is 601 g/mol. The Morgan fingerprint density at radius 3 is 2.26 bits per heavy atom. The molecule has 3 rings (SSSR count). The first kappa shape index (κ1) is 32.1. The normalized spacial score (nSPS) is 14.0. The highest BCUT2D eigenvalue weighted by Gasteiger charge is 2.31. The van der Waals surface area contributed by atoms with Crippen molar-refractivity contribution in [3.05, 3.63) is 54.2 Å². The summed E-state index contributed by atoms with van der Waals surface area (Å²) in [7, 11) is 0. The number of carboxylic acids is 1. The van der Waals surface area contributed by atoms with Crippen LogP contribution in [0.15, 0.2) is 43.0 Å². The molecule has 0 fully saturated rings. The van der Waals surface area contributed by atoms with E-state index in [1.54, 1.807) is 6.20 Å². The number of nitrogens with zero attached hydrogens (tertiary/aromatic N) is 1. The number of para-hydroxylation sites is 1. The monoisotopic (exact) mass is 600 g/mol. The van der Waals surface area contributed by atoms with Crippen molar-refractivity contribution in [3.63, 3.8) is 0 Å². The summed E-state index contributed by atoms with van der Waals surface area (Å²) in [4.78, 5) is 72.8. The zero-order valence-corrected chi connectivity index (χ0v) is 23.9. The number of aliphatic carboxylic acids is 1. The van der Waals surface area contributed by atoms with Crippen LogP contribution in [-0.2, 0) is 36.8 Å². The summed E-state index contributed by atoms with van der Waals surface area (Å²) >= 11 is 1.44. The van der Waals surface area contributed by atoms with Gasteiger partial charge in [-0.25, -0.2) is 9.78 Å². The van der Waals surface area contributed by atoms with E-state index >= 15 is 0 Å². The van der Waals surface area contributed by atoms with Crippen molar-refractivity contribution in [1.29, 1.82) is 0 Å². The maximum Gasteiger partial charge on any atom is 0.326 e.